The Bertz CT molecular complexity index is 462. The van der Waals surface area contributed by atoms with Crippen molar-refractivity contribution in [3.8, 4) is 11.8 Å². The summed E-state index contributed by atoms with van der Waals surface area (Å²) in [5, 5.41) is 27.2. The molecule has 0 aromatic heterocycles. The highest BCUT2D eigenvalue weighted by Crippen LogP contribution is 2.29. The molecule has 0 radical (unpaired) electrons. The summed E-state index contributed by atoms with van der Waals surface area (Å²) in [4.78, 5) is 10.7. The zero-order valence-corrected chi connectivity index (χ0v) is 8.89. The Labute approximate surface area is 92.5 Å². The van der Waals surface area contributed by atoms with Crippen LogP contribution in [0.3, 0.4) is 0 Å². The van der Waals surface area contributed by atoms with Gasteiger partial charge in [-0.25, -0.2) is 4.79 Å². The average molecular weight is 221 g/mol. The third-order valence-corrected chi connectivity index (χ3v) is 2.26. The second-order valence-corrected chi connectivity index (χ2v) is 3.23. The van der Waals surface area contributed by atoms with Crippen LogP contribution in [0.5, 0.6) is 5.75 Å². The first-order valence-electron chi connectivity index (χ1n) is 4.51. The topological polar surface area (TPSA) is 90.6 Å². The van der Waals surface area contributed by atoms with E-state index >= 15 is 0 Å². The Morgan fingerprint density at radius 2 is 2.19 bits per heavy atom. The van der Waals surface area contributed by atoms with E-state index < -0.39 is 12.1 Å². The van der Waals surface area contributed by atoms with Crippen LogP contribution in [0, 0.1) is 18.3 Å². The summed E-state index contributed by atoms with van der Waals surface area (Å²) in [6, 6.07) is 5.00. The first-order valence-corrected chi connectivity index (χ1v) is 4.51. The maximum Gasteiger partial charge on any atom is 0.337 e. The van der Waals surface area contributed by atoms with Crippen molar-refractivity contribution in [2.24, 2.45) is 0 Å². The van der Waals surface area contributed by atoms with Gasteiger partial charge in [-0.2, -0.15) is 5.26 Å². The van der Waals surface area contributed by atoms with Gasteiger partial charge in [-0.3, -0.25) is 0 Å². The predicted molar refractivity (Wildman–Crippen MR) is 55.0 cm³/mol. The van der Waals surface area contributed by atoms with Crippen LogP contribution in [0.1, 0.15) is 22.8 Å². The molecule has 1 rings (SSSR count). The number of hydrogen-bond acceptors (Lipinski definition) is 4. The Hall–Kier alpha value is -2.06. The van der Waals surface area contributed by atoms with Crippen LogP contribution in [0.25, 0.3) is 0 Å². The third kappa shape index (κ3) is 1.97. The standard InChI is InChI=1S/C11H11NO4/c1-6-3-4-8(16-2)7(5-12)9(6)10(13)11(14)15/h3-4,10,13H,1-2H3,(H,14,15). The van der Waals surface area contributed by atoms with Crippen LogP contribution in [0.4, 0.5) is 0 Å². The molecular weight excluding hydrogens is 210 g/mol. The van der Waals surface area contributed by atoms with Crippen molar-refractivity contribution >= 4 is 5.97 Å². The minimum absolute atomic E-state index is 0.0531. The number of aliphatic hydroxyl groups is 1. The van der Waals surface area contributed by atoms with E-state index in [4.69, 9.17) is 15.1 Å². The first-order chi connectivity index (χ1) is 7.52. The normalized spacial score (nSPS) is 11.6. The van der Waals surface area contributed by atoms with Gasteiger partial charge in [0, 0.05) is 5.56 Å². The highest BCUT2D eigenvalue weighted by molar-refractivity contribution is 5.76. The van der Waals surface area contributed by atoms with Gasteiger partial charge in [0.25, 0.3) is 0 Å². The SMILES string of the molecule is COc1ccc(C)c(C(O)C(=O)O)c1C#N. The lowest BCUT2D eigenvalue weighted by Gasteiger charge is -2.13. The summed E-state index contributed by atoms with van der Waals surface area (Å²) >= 11 is 0. The van der Waals surface area contributed by atoms with Crippen LogP contribution in [-0.4, -0.2) is 23.3 Å². The van der Waals surface area contributed by atoms with Crippen LogP contribution >= 0.6 is 0 Å². The second kappa shape index (κ2) is 4.64. The molecule has 0 saturated carbocycles. The third-order valence-electron chi connectivity index (χ3n) is 2.26. The summed E-state index contributed by atoms with van der Waals surface area (Å²) in [5.41, 5.74) is 0.666. The smallest absolute Gasteiger partial charge is 0.337 e. The highest BCUT2D eigenvalue weighted by atomic mass is 16.5. The van der Waals surface area contributed by atoms with Crippen LogP contribution in [0.2, 0.25) is 0 Å². The first kappa shape index (κ1) is 12.0. The van der Waals surface area contributed by atoms with Gasteiger partial charge in [0.15, 0.2) is 6.10 Å². The Kier molecular flexibility index (Phi) is 3.48. The lowest BCUT2D eigenvalue weighted by molar-refractivity contribution is -0.147. The number of carboxylic acids is 1. The molecule has 0 aliphatic rings. The molecule has 0 spiro atoms. The minimum atomic E-state index is -1.72. The van der Waals surface area contributed by atoms with Crippen molar-refractivity contribution in [1.82, 2.24) is 0 Å². The molecule has 1 aromatic carbocycles. The molecular formula is C11H11NO4. The largest absolute Gasteiger partial charge is 0.495 e. The number of hydrogen-bond donors (Lipinski definition) is 2. The number of nitrogens with zero attached hydrogens (tertiary/aromatic N) is 1. The number of aliphatic hydroxyl groups excluding tert-OH is 1. The number of rotatable bonds is 3. The van der Waals surface area contributed by atoms with Gasteiger partial charge in [-0.05, 0) is 18.6 Å². The fourth-order valence-electron chi connectivity index (χ4n) is 1.46. The second-order valence-electron chi connectivity index (χ2n) is 3.23. The zero-order chi connectivity index (χ0) is 12.3. The zero-order valence-electron chi connectivity index (χ0n) is 8.89. The van der Waals surface area contributed by atoms with Gasteiger partial charge >= 0.3 is 5.97 Å². The Morgan fingerprint density at radius 3 is 2.62 bits per heavy atom. The van der Waals surface area contributed by atoms with Gasteiger partial charge in [0.05, 0.1) is 7.11 Å². The minimum Gasteiger partial charge on any atom is -0.495 e. The van der Waals surface area contributed by atoms with E-state index in [1.807, 2.05) is 6.07 Å². The maximum atomic E-state index is 10.7. The van der Waals surface area contributed by atoms with Crippen molar-refractivity contribution in [2.75, 3.05) is 7.11 Å². The van der Waals surface area contributed by atoms with Gasteiger partial charge in [0.1, 0.15) is 17.4 Å². The van der Waals surface area contributed by atoms with E-state index in [-0.39, 0.29) is 16.9 Å². The van der Waals surface area contributed by atoms with Crippen molar-refractivity contribution in [2.45, 2.75) is 13.0 Å². The molecule has 0 fully saturated rings. The molecule has 0 heterocycles. The van der Waals surface area contributed by atoms with E-state index in [0.29, 0.717) is 5.56 Å². The Morgan fingerprint density at radius 1 is 1.56 bits per heavy atom. The van der Waals surface area contributed by atoms with Crippen molar-refractivity contribution in [1.29, 1.82) is 5.26 Å². The number of carbonyl (C=O) groups is 1. The molecule has 0 aliphatic heterocycles. The summed E-state index contributed by atoms with van der Waals surface area (Å²) < 4.78 is 4.94. The number of aryl methyl sites for hydroxylation is 1. The van der Waals surface area contributed by atoms with Crippen molar-refractivity contribution in [3.63, 3.8) is 0 Å². The highest BCUT2D eigenvalue weighted by Gasteiger charge is 2.24. The number of ether oxygens (including phenoxy) is 1. The molecule has 16 heavy (non-hydrogen) atoms. The van der Waals surface area contributed by atoms with Gasteiger partial charge in [-0.1, -0.05) is 6.07 Å². The summed E-state index contributed by atoms with van der Waals surface area (Å²) in [7, 11) is 1.38. The van der Waals surface area contributed by atoms with Crippen LogP contribution in [0.15, 0.2) is 12.1 Å². The number of nitriles is 1. The lowest BCUT2D eigenvalue weighted by atomic mass is 9.97. The molecule has 1 unspecified atom stereocenters. The maximum absolute atomic E-state index is 10.7. The van der Waals surface area contributed by atoms with Crippen LogP contribution in [-0.2, 0) is 4.79 Å². The molecule has 0 aliphatic carbocycles. The number of methoxy groups -OCH3 is 1. The molecule has 0 amide bonds. The average Bonchev–Trinajstić information content (AvgIpc) is 2.27. The lowest BCUT2D eigenvalue weighted by Crippen LogP contribution is -2.14. The van der Waals surface area contributed by atoms with Crippen LogP contribution < -0.4 is 4.74 Å². The van der Waals surface area contributed by atoms with Gasteiger partial charge in [0.2, 0.25) is 0 Å². The molecule has 5 heteroatoms. The van der Waals surface area contributed by atoms with E-state index in [2.05, 4.69) is 0 Å². The van der Waals surface area contributed by atoms with Crippen molar-refractivity contribution in [3.05, 3.63) is 28.8 Å². The van der Waals surface area contributed by atoms with E-state index in [0.717, 1.165) is 0 Å². The summed E-state index contributed by atoms with van der Waals surface area (Å²) in [5.74, 6) is -1.14. The predicted octanol–water partition coefficient (Wildman–Crippen LogP) is 0.993. The fourth-order valence-corrected chi connectivity index (χ4v) is 1.46. The summed E-state index contributed by atoms with van der Waals surface area (Å²) in [6.45, 7) is 1.63. The van der Waals surface area contributed by atoms with E-state index in [1.165, 1.54) is 7.11 Å². The summed E-state index contributed by atoms with van der Waals surface area (Å²) in [6.07, 6.45) is -1.72. The number of aliphatic carboxylic acids is 1. The molecule has 1 atom stereocenters. The number of benzene rings is 1. The van der Waals surface area contributed by atoms with E-state index in [9.17, 15) is 9.90 Å². The molecule has 1 aromatic rings. The molecule has 2 N–H and O–H groups in total. The molecule has 84 valence electrons. The molecule has 0 saturated heterocycles. The van der Waals surface area contributed by atoms with Crippen molar-refractivity contribution < 1.29 is 19.7 Å². The quantitative estimate of drug-likeness (QED) is 0.794. The Balaban J connectivity index is 3.47. The van der Waals surface area contributed by atoms with Gasteiger partial charge < -0.3 is 14.9 Å². The molecule has 5 nitrogen and oxygen atoms in total. The monoisotopic (exact) mass is 221 g/mol. The molecule has 0 bridgehead atoms. The van der Waals surface area contributed by atoms with Gasteiger partial charge in [-0.15, -0.1) is 0 Å². The fraction of sp³-hybridized carbons (Fsp3) is 0.273. The van der Waals surface area contributed by atoms with E-state index in [1.54, 1.807) is 19.1 Å². The number of carboxylic acid groups (broad SMARTS) is 1.